The molecule has 2 atom stereocenters. The molecule has 204 valence electrons. The third-order valence-electron chi connectivity index (χ3n) is 8.46. The number of hydrogen-bond acceptors (Lipinski definition) is 1. The van der Waals surface area contributed by atoms with E-state index < -0.39 is 11.4 Å². The molecule has 0 aliphatic rings. The van der Waals surface area contributed by atoms with E-state index in [9.17, 15) is 9.90 Å². The summed E-state index contributed by atoms with van der Waals surface area (Å²) in [5.74, 6) is 0.365. The van der Waals surface area contributed by atoms with Gasteiger partial charge in [-0.1, -0.05) is 164 Å². The first-order valence-electron chi connectivity index (χ1n) is 15.6. The van der Waals surface area contributed by atoms with Gasteiger partial charge in [-0.25, -0.2) is 0 Å². The molecule has 1 N–H and O–H groups in total. The standard InChI is InChI=1S/C32H64O2/c1-7-9-11-13-15-16-17-18-19-20-21-22-24-26-30(28(3)4)32(29(5)6,31(33)34)27-25-23-14-12-10-8-2/h28-30H,7-27H2,1-6H3,(H,33,34). The number of unbranched alkanes of at least 4 members (excludes halogenated alkanes) is 17. The van der Waals surface area contributed by atoms with Crippen molar-refractivity contribution >= 4 is 5.97 Å². The van der Waals surface area contributed by atoms with Gasteiger partial charge in [-0.3, -0.25) is 4.79 Å². The Morgan fingerprint density at radius 1 is 0.588 bits per heavy atom. The quantitative estimate of drug-likeness (QED) is 0.132. The van der Waals surface area contributed by atoms with Gasteiger partial charge in [0.1, 0.15) is 0 Å². The van der Waals surface area contributed by atoms with Crippen LogP contribution in [-0.2, 0) is 4.79 Å². The van der Waals surface area contributed by atoms with Crippen molar-refractivity contribution in [2.45, 2.75) is 176 Å². The number of rotatable bonds is 25. The van der Waals surface area contributed by atoms with Gasteiger partial charge in [-0.05, 0) is 30.6 Å². The molecule has 0 radical (unpaired) electrons. The van der Waals surface area contributed by atoms with Crippen molar-refractivity contribution in [1.82, 2.24) is 0 Å². The summed E-state index contributed by atoms with van der Waals surface area (Å²) in [6.45, 7) is 13.4. The van der Waals surface area contributed by atoms with Crippen molar-refractivity contribution in [2.75, 3.05) is 0 Å². The Hall–Kier alpha value is -0.530. The van der Waals surface area contributed by atoms with Crippen LogP contribution in [0.2, 0.25) is 0 Å². The molecule has 0 aromatic carbocycles. The summed E-state index contributed by atoms with van der Waals surface area (Å²) in [5.41, 5.74) is -0.559. The van der Waals surface area contributed by atoms with Crippen LogP contribution in [0.1, 0.15) is 176 Å². The Kier molecular flexibility index (Phi) is 21.4. The highest BCUT2D eigenvalue weighted by molar-refractivity contribution is 5.75. The molecule has 0 aliphatic carbocycles. The largest absolute Gasteiger partial charge is 0.481 e. The molecule has 0 saturated carbocycles. The average Bonchev–Trinajstić information content (AvgIpc) is 2.79. The van der Waals surface area contributed by atoms with Crippen LogP contribution in [0.3, 0.4) is 0 Å². The minimum absolute atomic E-state index is 0.190. The second-order valence-electron chi connectivity index (χ2n) is 11.9. The van der Waals surface area contributed by atoms with Gasteiger partial charge in [-0.2, -0.15) is 0 Å². The van der Waals surface area contributed by atoms with E-state index >= 15 is 0 Å². The second kappa shape index (κ2) is 21.7. The average molecular weight is 481 g/mol. The number of hydrogen-bond donors (Lipinski definition) is 1. The first-order valence-corrected chi connectivity index (χ1v) is 15.6. The molecule has 0 fully saturated rings. The molecule has 0 amide bonds. The van der Waals surface area contributed by atoms with Crippen LogP contribution in [0.4, 0.5) is 0 Å². The minimum atomic E-state index is -0.559. The highest BCUT2D eigenvalue weighted by atomic mass is 16.4. The molecule has 0 aliphatic heterocycles. The van der Waals surface area contributed by atoms with Gasteiger partial charge in [0.05, 0.1) is 5.41 Å². The van der Waals surface area contributed by atoms with Crippen molar-refractivity contribution in [3.8, 4) is 0 Å². The topological polar surface area (TPSA) is 37.3 Å². The van der Waals surface area contributed by atoms with E-state index in [1.807, 2.05) is 0 Å². The Balaban J connectivity index is 4.40. The molecule has 0 saturated heterocycles. The van der Waals surface area contributed by atoms with Gasteiger partial charge in [0.15, 0.2) is 0 Å². The summed E-state index contributed by atoms with van der Waals surface area (Å²) < 4.78 is 0. The zero-order valence-corrected chi connectivity index (χ0v) is 24.4. The fourth-order valence-electron chi connectivity index (χ4n) is 6.18. The Morgan fingerprint density at radius 2 is 0.941 bits per heavy atom. The molecule has 34 heavy (non-hydrogen) atoms. The van der Waals surface area contributed by atoms with Crippen molar-refractivity contribution in [1.29, 1.82) is 0 Å². The number of carboxylic acids is 1. The van der Waals surface area contributed by atoms with E-state index in [1.54, 1.807) is 0 Å². The Labute approximate surface area is 215 Å². The maximum Gasteiger partial charge on any atom is 0.310 e. The molecule has 2 unspecified atom stereocenters. The third kappa shape index (κ3) is 14.1. The van der Waals surface area contributed by atoms with Crippen molar-refractivity contribution < 1.29 is 9.90 Å². The normalized spacial score (nSPS) is 14.6. The third-order valence-corrected chi connectivity index (χ3v) is 8.46. The lowest BCUT2D eigenvalue weighted by Gasteiger charge is -2.43. The van der Waals surface area contributed by atoms with Crippen molar-refractivity contribution in [3.63, 3.8) is 0 Å². The van der Waals surface area contributed by atoms with Crippen LogP contribution < -0.4 is 0 Å². The molecule has 0 rings (SSSR count). The van der Waals surface area contributed by atoms with E-state index in [4.69, 9.17) is 0 Å². The van der Waals surface area contributed by atoms with Crippen LogP contribution in [0.15, 0.2) is 0 Å². The van der Waals surface area contributed by atoms with Gasteiger partial charge in [-0.15, -0.1) is 0 Å². The molecule has 2 nitrogen and oxygen atoms in total. The van der Waals surface area contributed by atoms with Crippen LogP contribution in [0.25, 0.3) is 0 Å². The fourth-order valence-corrected chi connectivity index (χ4v) is 6.18. The maximum absolute atomic E-state index is 12.7. The number of carboxylic acid groups (broad SMARTS) is 1. The first-order chi connectivity index (χ1) is 16.3. The van der Waals surface area contributed by atoms with Crippen molar-refractivity contribution in [2.24, 2.45) is 23.2 Å². The zero-order chi connectivity index (χ0) is 25.7. The Morgan fingerprint density at radius 3 is 1.26 bits per heavy atom. The lowest BCUT2D eigenvalue weighted by atomic mass is 9.60. The van der Waals surface area contributed by atoms with Crippen molar-refractivity contribution in [3.05, 3.63) is 0 Å². The smallest absolute Gasteiger partial charge is 0.310 e. The lowest BCUT2D eigenvalue weighted by molar-refractivity contribution is -0.159. The molecule has 0 heterocycles. The Bertz CT molecular complexity index is 456. The summed E-state index contributed by atoms with van der Waals surface area (Å²) >= 11 is 0. The minimum Gasteiger partial charge on any atom is -0.481 e. The second-order valence-corrected chi connectivity index (χ2v) is 11.9. The number of aliphatic carboxylic acids is 1. The summed E-state index contributed by atoms with van der Waals surface area (Å²) in [4.78, 5) is 12.7. The molecule has 0 spiro atoms. The molecular formula is C32H64O2. The number of carbonyl (C=O) groups is 1. The highest BCUT2D eigenvalue weighted by Crippen LogP contribution is 2.47. The van der Waals surface area contributed by atoms with Crippen LogP contribution in [0.5, 0.6) is 0 Å². The van der Waals surface area contributed by atoms with Crippen LogP contribution in [-0.4, -0.2) is 11.1 Å². The van der Waals surface area contributed by atoms with E-state index in [-0.39, 0.29) is 11.8 Å². The summed E-state index contributed by atoms with van der Waals surface area (Å²) in [6, 6.07) is 0. The van der Waals surface area contributed by atoms with Gasteiger partial charge >= 0.3 is 5.97 Å². The molecule has 0 aromatic heterocycles. The zero-order valence-electron chi connectivity index (χ0n) is 24.4. The van der Waals surface area contributed by atoms with Gasteiger partial charge in [0.2, 0.25) is 0 Å². The predicted octanol–water partition coefficient (Wildman–Crippen LogP) is 11.2. The van der Waals surface area contributed by atoms with Gasteiger partial charge in [0, 0.05) is 0 Å². The monoisotopic (exact) mass is 480 g/mol. The molecule has 0 bridgehead atoms. The van der Waals surface area contributed by atoms with Gasteiger partial charge < -0.3 is 5.11 Å². The predicted molar refractivity (Wildman–Crippen MR) is 152 cm³/mol. The van der Waals surface area contributed by atoms with E-state index in [1.165, 1.54) is 116 Å². The van der Waals surface area contributed by atoms with Gasteiger partial charge in [0.25, 0.3) is 0 Å². The SMILES string of the molecule is CCCCCCCCCCCCCCCC(C(C)C)C(CCCCCCCC)(C(=O)O)C(C)C. The fraction of sp³-hybridized carbons (Fsp3) is 0.969. The molecule has 0 aromatic rings. The molecule has 2 heteroatoms. The molecular weight excluding hydrogens is 416 g/mol. The summed E-state index contributed by atoms with van der Waals surface area (Å²) in [5, 5.41) is 10.5. The maximum atomic E-state index is 12.7. The van der Waals surface area contributed by atoms with E-state index in [0.717, 1.165) is 19.3 Å². The van der Waals surface area contributed by atoms with E-state index in [2.05, 4.69) is 41.5 Å². The lowest BCUT2D eigenvalue weighted by Crippen LogP contribution is -2.45. The first kappa shape index (κ1) is 33.5. The van der Waals surface area contributed by atoms with E-state index in [0.29, 0.717) is 5.92 Å². The highest BCUT2D eigenvalue weighted by Gasteiger charge is 2.48. The summed E-state index contributed by atoms with van der Waals surface area (Å²) in [7, 11) is 0. The van der Waals surface area contributed by atoms with Crippen LogP contribution in [0, 0.1) is 23.2 Å². The van der Waals surface area contributed by atoms with Crippen LogP contribution >= 0.6 is 0 Å². The summed E-state index contributed by atoms with van der Waals surface area (Å²) in [6.07, 6.45) is 27.1.